The number of nitrogens with zero attached hydrogens (tertiary/aromatic N) is 2. The van der Waals surface area contributed by atoms with Crippen molar-refractivity contribution >= 4 is 15.9 Å². The fraction of sp³-hybridized carbons (Fsp3) is 0.409. The Morgan fingerprint density at radius 2 is 1.52 bits per heavy atom. The number of piperidine rings is 1. The third-order valence-electron chi connectivity index (χ3n) is 5.74. The third-order valence-corrected chi connectivity index (χ3v) is 7.63. The molecule has 0 radical (unpaired) electrons. The van der Waals surface area contributed by atoms with Crippen LogP contribution in [0.3, 0.4) is 0 Å². The predicted octanol–water partition coefficient (Wildman–Crippen LogP) is 2.69. The van der Waals surface area contributed by atoms with E-state index >= 15 is 0 Å². The van der Waals surface area contributed by atoms with Crippen LogP contribution in [-0.2, 0) is 19.6 Å². The monoisotopic (exact) mass is 414 g/mol. The van der Waals surface area contributed by atoms with Crippen molar-refractivity contribution in [3.63, 3.8) is 0 Å². The van der Waals surface area contributed by atoms with E-state index in [1.807, 2.05) is 35.2 Å². The highest BCUT2D eigenvalue weighted by atomic mass is 32.2. The van der Waals surface area contributed by atoms with Crippen molar-refractivity contribution < 1.29 is 17.9 Å². The van der Waals surface area contributed by atoms with Crippen LogP contribution in [0.1, 0.15) is 24.4 Å². The minimum atomic E-state index is -3.72. The van der Waals surface area contributed by atoms with Crippen molar-refractivity contribution in [2.75, 3.05) is 32.8 Å². The van der Waals surface area contributed by atoms with Gasteiger partial charge in [-0.05, 0) is 30.5 Å². The maximum Gasteiger partial charge on any atom is 0.243 e. The molecule has 2 aliphatic heterocycles. The molecule has 7 heteroatoms. The lowest BCUT2D eigenvalue weighted by Crippen LogP contribution is -2.50. The van der Waals surface area contributed by atoms with Crippen molar-refractivity contribution in [1.82, 2.24) is 9.21 Å². The quantitative estimate of drug-likeness (QED) is 0.772. The molecule has 2 atom stereocenters. The summed E-state index contributed by atoms with van der Waals surface area (Å²) in [6.45, 7) is 2.42. The Bertz CT molecular complexity index is 928. The summed E-state index contributed by atoms with van der Waals surface area (Å²) in [5, 5.41) is 0. The molecule has 2 saturated heterocycles. The van der Waals surface area contributed by atoms with Gasteiger partial charge >= 0.3 is 0 Å². The van der Waals surface area contributed by atoms with Crippen molar-refractivity contribution in [1.29, 1.82) is 0 Å². The van der Waals surface area contributed by atoms with Gasteiger partial charge < -0.3 is 9.64 Å². The highest BCUT2D eigenvalue weighted by molar-refractivity contribution is 7.89. The molecule has 0 bridgehead atoms. The molecule has 4 rings (SSSR count). The molecule has 0 aliphatic carbocycles. The molecule has 2 unspecified atom stereocenters. The van der Waals surface area contributed by atoms with Gasteiger partial charge in [0.15, 0.2) is 0 Å². The lowest BCUT2D eigenvalue weighted by atomic mass is 9.90. The van der Waals surface area contributed by atoms with Gasteiger partial charge in [0, 0.05) is 19.6 Å². The smallest absolute Gasteiger partial charge is 0.243 e. The summed E-state index contributed by atoms with van der Waals surface area (Å²) in [7, 11) is -3.72. The van der Waals surface area contributed by atoms with Gasteiger partial charge in [-0.2, -0.15) is 4.31 Å². The van der Waals surface area contributed by atoms with Gasteiger partial charge in [-0.15, -0.1) is 0 Å². The molecule has 0 aromatic heterocycles. The summed E-state index contributed by atoms with van der Waals surface area (Å²) in [6.07, 6.45) is 1.30. The molecule has 154 valence electrons. The first kappa shape index (κ1) is 20.1. The first-order chi connectivity index (χ1) is 14.1. The van der Waals surface area contributed by atoms with Crippen LogP contribution in [0.4, 0.5) is 0 Å². The van der Waals surface area contributed by atoms with Crippen LogP contribution < -0.4 is 0 Å². The first-order valence-corrected chi connectivity index (χ1v) is 11.5. The summed E-state index contributed by atoms with van der Waals surface area (Å²) in [4.78, 5) is 15.1. The zero-order valence-corrected chi connectivity index (χ0v) is 17.1. The summed E-state index contributed by atoms with van der Waals surface area (Å²) >= 11 is 0. The zero-order chi connectivity index (χ0) is 20.3. The fourth-order valence-corrected chi connectivity index (χ4v) is 5.89. The third kappa shape index (κ3) is 4.22. The molecule has 0 N–H and O–H groups in total. The Labute approximate surface area is 172 Å². The van der Waals surface area contributed by atoms with E-state index in [1.165, 1.54) is 4.31 Å². The molecular weight excluding hydrogens is 388 g/mol. The van der Waals surface area contributed by atoms with Gasteiger partial charge in [0.05, 0.1) is 30.1 Å². The van der Waals surface area contributed by atoms with Gasteiger partial charge in [-0.25, -0.2) is 8.42 Å². The maximum absolute atomic E-state index is 13.5. The minimum absolute atomic E-state index is 0.0353. The van der Waals surface area contributed by atoms with E-state index in [9.17, 15) is 13.2 Å². The average Bonchev–Trinajstić information content (AvgIpc) is 2.80. The predicted molar refractivity (Wildman–Crippen MR) is 110 cm³/mol. The number of ether oxygens (including phenoxy) is 1. The second kappa shape index (κ2) is 8.65. The zero-order valence-electron chi connectivity index (χ0n) is 16.3. The Hall–Kier alpha value is -2.22. The second-order valence-corrected chi connectivity index (χ2v) is 9.42. The SMILES string of the molecule is O=C(C1CCC(c2ccccc2)N(S(=O)(=O)c2ccccc2)C1)N1CCOCC1. The molecule has 2 fully saturated rings. The van der Waals surface area contributed by atoms with Crippen molar-refractivity contribution in [2.45, 2.75) is 23.8 Å². The topological polar surface area (TPSA) is 66.9 Å². The van der Waals surface area contributed by atoms with E-state index in [-0.39, 0.29) is 29.3 Å². The van der Waals surface area contributed by atoms with Gasteiger partial charge in [-0.1, -0.05) is 48.5 Å². The number of carbonyl (C=O) groups is 1. The Morgan fingerprint density at radius 3 is 2.17 bits per heavy atom. The minimum Gasteiger partial charge on any atom is -0.378 e. The largest absolute Gasteiger partial charge is 0.378 e. The number of hydrogen-bond acceptors (Lipinski definition) is 4. The number of sulfonamides is 1. The van der Waals surface area contributed by atoms with Crippen molar-refractivity contribution in [2.24, 2.45) is 5.92 Å². The van der Waals surface area contributed by atoms with Crippen LogP contribution >= 0.6 is 0 Å². The lowest BCUT2D eigenvalue weighted by molar-refractivity contribution is -0.141. The van der Waals surface area contributed by atoms with Crippen LogP contribution in [0.15, 0.2) is 65.6 Å². The van der Waals surface area contributed by atoms with E-state index in [2.05, 4.69) is 0 Å². The summed E-state index contributed by atoms with van der Waals surface area (Å²) < 4.78 is 33.9. The number of carbonyl (C=O) groups excluding carboxylic acids is 1. The van der Waals surface area contributed by atoms with Gasteiger partial charge in [0.25, 0.3) is 0 Å². The van der Waals surface area contributed by atoms with E-state index < -0.39 is 10.0 Å². The standard InChI is InChI=1S/C22H26N2O4S/c25-22(23-13-15-28-16-14-23)19-11-12-21(18-7-3-1-4-8-18)24(17-19)29(26,27)20-9-5-2-6-10-20/h1-10,19,21H,11-17H2. The molecular formula is C22H26N2O4S. The molecule has 1 amide bonds. The van der Waals surface area contributed by atoms with E-state index in [0.29, 0.717) is 39.1 Å². The Morgan fingerprint density at radius 1 is 0.897 bits per heavy atom. The molecule has 2 aliphatic rings. The molecule has 29 heavy (non-hydrogen) atoms. The summed E-state index contributed by atoms with van der Waals surface area (Å²) in [5.41, 5.74) is 0.962. The van der Waals surface area contributed by atoms with Crippen molar-refractivity contribution in [3.8, 4) is 0 Å². The highest BCUT2D eigenvalue weighted by Crippen LogP contribution is 2.38. The molecule has 0 spiro atoms. The molecule has 2 aromatic carbocycles. The second-order valence-electron chi connectivity index (χ2n) is 7.53. The normalized spacial score (nSPS) is 23.7. The van der Waals surface area contributed by atoms with Crippen LogP contribution in [-0.4, -0.2) is 56.4 Å². The molecule has 0 saturated carbocycles. The van der Waals surface area contributed by atoms with E-state index in [0.717, 1.165) is 5.56 Å². The van der Waals surface area contributed by atoms with Crippen LogP contribution in [0.2, 0.25) is 0 Å². The lowest BCUT2D eigenvalue weighted by Gasteiger charge is -2.40. The Balaban J connectivity index is 1.64. The number of amides is 1. The van der Waals surface area contributed by atoms with Gasteiger partial charge in [0.2, 0.25) is 15.9 Å². The fourth-order valence-electron chi connectivity index (χ4n) is 4.18. The van der Waals surface area contributed by atoms with E-state index in [1.54, 1.807) is 30.3 Å². The van der Waals surface area contributed by atoms with E-state index in [4.69, 9.17) is 4.74 Å². The molecule has 6 nitrogen and oxygen atoms in total. The Kier molecular flexibility index (Phi) is 5.99. The molecule has 2 heterocycles. The maximum atomic E-state index is 13.5. The molecule has 2 aromatic rings. The van der Waals surface area contributed by atoms with Gasteiger partial charge in [-0.3, -0.25) is 4.79 Å². The summed E-state index contributed by atoms with van der Waals surface area (Å²) in [6, 6.07) is 17.9. The highest BCUT2D eigenvalue weighted by Gasteiger charge is 2.41. The van der Waals surface area contributed by atoms with Crippen LogP contribution in [0, 0.1) is 5.92 Å². The number of morpholine rings is 1. The van der Waals surface area contributed by atoms with Crippen LogP contribution in [0.25, 0.3) is 0 Å². The number of rotatable bonds is 4. The van der Waals surface area contributed by atoms with Gasteiger partial charge in [0.1, 0.15) is 0 Å². The average molecular weight is 415 g/mol. The number of hydrogen-bond donors (Lipinski definition) is 0. The van der Waals surface area contributed by atoms with Crippen LogP contribution in [0.5, 0.6) is 0 Å². The first-order valence-electron chi connectivity index (χ1n) is 10.1. The summed E-state index contributed by atoms with van der Waals surface area (Å²) in [5.74, 6) is -0.292. The van der Waals surface area contributed by atoms with Crippen molar-refractivity contribution in [3.05, 3.63) is 66.2 Å². The number of benzene rings is 2.